The van der Waals surface area contributed by atoms with Crippen LogP contribution in [-0.2, 0) is 11.2 Å². The lowest BCUT2D eigenvalue weighted by atomic mass is 9.97. The van der Waals surface area contributed by atoms with E-state index in [1.54, 1.807) is 13.8 Å². The number of halogens is 3. The van der Waals surface area contributed by atoms with Gasteiger partial charge in [0.1, 0.15) is 6.04 Å². The van der Waals surface area contributed by atoms with Gasteiger partial charge in [-0.25, -0.2) is 5.01 Å². The molecule has 1 aromatic rings. The van der Waals surface area contributed by atoms with E-state index in [1.165, 1.54) is 5.56 Å². The molecule has 0 radical (unpaired) electrons. The highest BCUT2D eigenvalue weighted by Crippen LogP contribution is 2.35. The average Bonchev–Trinajstić information content (AvgIpc) is 2.72. The first-order valence-electron chi connectivity index (χ1n) is 8.31. The summed E-state index contributed by atoms with van der Waals surface area (Å²) in [5.74, 6) is -0.353. The summed E-state index contributed by atoms with van der Waals surface area (Å²) >= 11 is 0. The van der Waals surface area contributed by atoms with Gasteiger partial charge in [0, 0.05) is 12.0 Å². The molecule has 1 aromatic carbocycles. The first kappa shape index (κ1) is 18.8. The first-order chi connectivity index (χ1) is 11.1. The Kier molecular flexibility index (Phi) is 5.58. The number of hydrogen-bond acceptors (Lipinski definition) is 2. The molecule has 0 aromatic heterocycles. The molecule has 1 amide bonds. The molecule has 3 nitrogen and oxygen atoms in total. The van der Waals surface area contributed by atoms with Crippen LogP contribution < -0.4 is 5.43 Å². The number of hydrazine groups is 1. The van der Waals surface area contributed by atoms with Crippen LogP contribution in [0.1, 0.15) is 50.7 Å². The topological polar surface area (TPSA) is 32.3 Å². The van der Waals surface area contributed by atoms with E-state index < -0.39 is 17.8 Å². The minimum atomic E-state index is -4.36. The number of hydrogen-bond donors (Lipinski definition) is 1. The first-order valence-corrected chi connectivity index (χ1v) is 8.31. The van der Waals surface area contributed by atoms with E-state index in [2.05, 4.69) is 5.43 Å². The van der Waals surface area contributed by atoms with Gasteiger partial charge in [0.15, 0.2) is 0 Å². The van der Waals surface area contributed by atoms with Crippen molar-refractivity contribution in [3.8, 4) is 0 Å². The number of aryl methyl sites for hydroxylation is 2. The summed E-state index contributed by atoms with van der Waals surface area (Å²) in [5.41, 5.74) is 3.91. The number of carbonyl (C=O) groups excluding carboxylic acids is 1. The van der Waals surface area contributed by atoms with Gasteiger partial charge in [-0.05, 0) is 51.2 Å². The number of nitrogens with zero attached hydrogens (tertiary/aromatic N) is 1. The van der Waals surface area contributed by atoms with Crippen LogP contribution in [0.3, 0.4) is 0 Å². The number of unbranched alkanes of at least 4 members (excludes halogenated alkanes) is 1. The van der Waals surface area contributed by atoms with Crippen molar-refractivity contribution < 1.29 is 18.0 Å². The molecule has 0 spiro atoms. The fraction of sp³-hybridized carbons (Fsp3) is 0.611. The van der Waals surface area contributed by atoms with Crippen LogP contribution in [0.4, 0.5) is 13.2 Å². The number of nitrogens with one attached hydrogen (secondary N) is 1. The van der Waals surface area contributed by atoms with Crippen molar-refractivity contribution in [3.05, 3.63) is 35.4 Å². The maximum absolute atomic E-state index is 13.5. The Balaban J connectivity index is 1.96. The normalized spacial score (nSPS) is 19.3. The monoisotopic (exact) mass is 342 g/mol. The maximum Gasteiger partial charge on any atom is 0.405 e. The molecular formula is C18H25F3N2O. The van der Waals surface area contributed by atoms with E-state index in [1.807, 2.05) is 31.2 Å². The second-order valence-corrected chi connectivity index (χ2v) is 7.12. The molecule has 0 bridgehead atoms. The molecule has 0 unspecified atom stereocenters. The Morgan fingerprint density at radius 3 is 2.46 bits per heavy atom. The molecule has 0 aliphatic carbocycles. The van der Waals surface area contributed by atoms with Gasteiger partial charge in [-0.2, -0.15) is 13.2 Å². The summed E-state index contributed by atoms with van der Waals surface area (Å²) < 4.78 is 40.4. The zero-order chi connectivity index (χ0) is 18.0. The van der Waals surface area contributed by atoms with Crippen molar-refractivity contribution in [3.63, 3.8) is 0 Å². The number of rotatable bonds is 6. The number of alkyl halides is 3. The summed E-state index contributed by atoms with van der Waals surface area (Å²) in [6, 6.07) is 6.28. The van der Waals surface area contributed by atoms with Gasteiger partial charge in [-0.1, -0.05) is 30.7 Å². The minimum absolute atomic E-state index is 0.0148. The molecule has 1 aliphatic rings. The highest BCUT2D eigenvalue weighted by molar-refractivity contribution is 5.78. The van der Waals surface area contributed by atoms with Crippen molar-refractivity contribution >= 4 is 5.91 Å². The standard InChI is InChI=1S/C18H25F3N2O/c1-13-8-4-5-9-14(13)10-6-7-11-15(18(19,20)21)23-17(2,3)12-16(24)22-23/h4-5,8-9,15H,6-7,10-12H2,1-3H3,(H,22,24)/t15-/m0/s1. The van der Waals surface area contributed by atoms with E-state index in [0.717, 1.165) is 17.0 Å². The maximum atomic E-state index is 13.5. The van der Waals surface area contributed by atoms with Crippen LogP contribution in [0.5, 0.6) is 0 Å². The van der Waals surface area contributed by atoms with Gasteiger partial charge in [-0.3, -0.25) is 10.2 Å². The third-order valence-electron chi connectivity index (χ3n) is 4.61. The van der Waals surface area contributed by atoms with Gasteiger partial charge in [0.05, 0.1) is 0 Å². The summed E-state index contributed by atoms with van der Waals surface area (Å²) in [6.07, 6.45) is -2.37. The van der Waals surface area contributed by atoms with Crippen molar-refractivity contribution in [2.75, 3.05) is 0 Å². The summed E-state index contributed by atoms with van der Waals surface area (Å²) in [4.78, 5) is 11.5. The lowest BCUT2D eigenvalue weighted by molar-refractivity contribution is -0.202. The van der Waals surface area contributed by atoms with E-state index in [4.69, 9.17) is 0 Å². The Labute approximate surface area is 141 Å². The van der Waals surface area contributed by atoms with Gasteiger partial charge in [0.25, 0.3) is 0 Å². The average molecular weight is 342 g/mol. The third kappa shape index (κ3) is 4.50. The van der Waals surface area contributed by atoms with Gasteiger partial charge in [-0.15, -0.1) is 0 Å². The third-order valence-corrected chi connectivity index (χ3v) is 4.61. The quantitative estimate of drug-likeness (QED) is 0.788. The molecule has 134 valence electrons. The van der Waals surface area contributed by atoms with Gasteiger partial charge < -0.3 is 0 Å². The second kappa shape index (κ2) is 7.13. The van der Waals surface area contributed by atoms with Crippen LogP contribution in [0, 0.1) is 6.92 Å². The highest BCUT2D eigenvalue weighted by Gasteiger charge is 2.51. The molecule has 24 heavy (non-hydrogen) atoms. The second-order valence-electron chi connectivity index (χ2n) is 7.12. The fourth-order valence-electron chi connectivity index (χ4n) is 3.29. The van der Waals surface area contributed by atoms with Crippen LogP contribution in [0.25, 0.3) is 0 Å². The van der Waals surface area contributed by atoms with E-state index in [0.29, 0.717) is 12.8 Å². The smallest absolute Gasteiger partial charge is 0.288 e. The van der Waals surface area contributed by atoms with Crippen LogP contribution in [-0.4, -0.2) is 28.7 Å². The molecule has 2 rings (SSSR count). The summed E-state index contributed by atoms with van der Waals surface area (Å²) in [7, 11) is 0. The van der Waals surface area contributed by atoms with Crippen molar-refractivity contribution in [2.45, 2.75) is 70.6 Å². The highest BCUT2D eigenvalue weighted by atomic mass is 19.4. The minimum Gasteiger partial charge on any atom is -0.288 e. The van der Waals surface area contributed by atoms with Crippen LogP contribution in [0.15, 0.2) is 24.3 Å². The lowest BCUT2D eigenvalue weighted by Crippen LogP contribution is -2.56. The predicted octanol–water partition coefficient (Wildman–Crippen LogP) is 4.15. The largest absolute Gasteiger partial charge is 0.405 e. The molecule has 6 heteroatoms. The number of carbonyl (C=O) groups is 1. The van der Waals surface area contributed by atoms with Crippen molar-refractivity contribution in [2.24, 2.45) is 0 Å². The van der Waals surface area contributed by atoms with Crippen LogP contribution in [0.2, 0.25) is 0 Å². The van der Waals surface area contributed by atoms with E-state index in [-0.39, 0.29) is 18.7 Å². The van der Waals surface area contributed by atoms with Crippen molar-refractivity contribution in [1.29, 1.82) is 0 Å². The Morgan fingerprint density at radius 2 is 1.92 bits per heavy atom. The Hall–Kier alpha value is -1.56. The van der Waals surface area contributed by atoms with Gasteiger partial charge >= 0.3 is 6.18 Å². The molecule has 0 saturated carbocycles. The van der Waals surface area contributed by atoms with E-state index >= 15 is 0 Å². The zero-order valence-corrected chi connectivity index (χ0v) is 14.4. The summed E-state index contributed by atoms with van der Waals surface area (Å²) in [5, 5.41) is 1.10. The molecule has 1 aliphatic heterocycles. The Bertz CT molecular complexity index is 584. The molecule has 1 fully saturated rings. The molecule has 1 heterocycles. The van der Waals surface area contributed by atoms with Gasteiger partial charge in [0.2, 0.25) is 5.91 Å². The number of amides is 1. The van der Waals surface area contributed by atoms with Crippen molar-refractivity contribution in [1.82, 2.24) is 10.4 Å². The zero-order valence-electron chi connectivity index (χ0n) is 14.4. The molecule has 1 atom stereocenters. The SMILES string of the molecule is Cc1ccccc1CCCC[C@H](N1NC(=O)CC1(C)C)C(F)(F)F. The van der Waals surface area contributed by atoms with Crippen LogP contribution >= 0.6 is 0 Å². The number of benzene rings is 1. The molecular weight excluding hydrogens is 317 g/mol. The summed E-state index contributed by atoms with van der Waals surface area (Å²) in [6.45, 7) is 5.34. The lowest BCUT2D eigenvalue weighted by Gasteiger charge is -2.37. The van der Waals surface area contributed by atoms with E-state index in [9.17, 15) is 18.0 Å². The fourth-order valence-corrected chi connectivity index (χ4v) is 3.29. The Morgan fingerprint density at radius 1 is 1.25 bits per heavy atom. The molecule has 1 N–H and O–H groups in total. The molecule has 1 saturated heterocycles. The predicted molar refractivity (Wildman–Crippen MR) is 87.3 cm³/mol.